The summed E-state index contributed by atoms with van der Waals surface area (Å²) in [7, 11) is 0. The molecule has 4 heteroatoms. The second-order valence-corrected chi connectivity index (χ2v) is 3.75. The average molecular weight is 198 g/mol. The van der Waals surface area contributed by atoms with Crippen LogP contribution in [0.2, 0.25) is 0 Å². The summed E-state index contributed by atoms with van der Waals surface area (Å²) in [5.41, 5.74) is 0. The minimum absolute atomic E-state index is 0.151. The fourth-order valence-corrected chi connectivity index (χ4v) is 1.27. The third-order valence-corrected chi connectivity index (χ3v) is 1.81. The van der Waals surface area contributed by atoms with Gasteiger partial charge in [-0.05, 0) is 5.92 Å². The molecule has 0 radical (unpaired) electrons. The van der Waals surface area contributed by atoms with Gasteiger partial charge in [-0.1, -0.05) is 13.8 Å². The minimum Gasteiger partial charge on any atom is -0.481 e. The monoisotopic (exact) mass is 198 g/mol. The molecule has 1 N–H and O–H groups in total. The van der Waals surface area contributed by atoms with Crippen LogP contribution in [0.5, 0.6) is 0 Å². The van der Waals surface area contributed by atoms with Gasteiger partial charge in [-0.2, -0.15) is 5.26 Å². The van der Waals surface area contributed by atoms with Crippen molar-refractivity contribution in [3.05, 3.63) is 0 Å². The fraction of sp³-hybridized carbons (Fsp3) is 0.800. The van der Waals surface area contributed by atoms with Crippen molar-refractivity contribution < 1.29 is 9.90 Å². The summed E-state index contributed by atoms with van der Waals surface area (Å²) in [6, 6.07) is 2.07. The number of rotatable bonds is 7. The van der Waals surface area contributed by atoms with Crippen molar-refractivity contribution in [1.29, 1.82) is 5.26 Å². The van der Waals surface area contributed by atoms with Gasteiger partial charge < -0.3 is 10.0 Å². The summed E-state index contributed by atoms with van der Waals surface area (Å²) in [6.07, 6.45) is 0.616. The van der Waals surface area contributed by atoms with Crippen molar-refractivity contribution in [2.24, 2.45) is 5.92 Å². The molecule has 0 unspecified atom stereocenters. The topological polar surface area (TPSA) is 64.3 Å². The van der Waals surface area contributed by atoms with Crippen LogP contribution < -0.4 is 0 Å². The van der Waals surface area contributed by atoms with Gasteiger partial charge in [-0.25, -0.2) is 0 Å². The zero-order chi connectivity index (χ0) is 11.0. The Labute approximate surface area is 85.1 Å². The molecule has 0 saturated carbocycles. The molecule has 14 heavy (non-hydrogen) atoms. The Balaban J connectivity index is 3.85. The summed E-state index contributed by atoms with van der Waals surface area (Å²) in [4.78, 5) is 12.4. The summed E-state index contributed by atoms with van der Waals surface area (Å²) in [5.74, 6) is -0.279. The van der Waals surface area contributed by atoms with Crippen molar-refractivity contribution in [3.8, 4) is 6.07 Å². The number of nitriles is 1. The Morgan fingerprint density at radius 2 is 2.14 bits per heavy atom. The summed E-state index contributed by atoms with van der Waals surface area (Å²) in [5, 5.41) is 17.0. The van der Waals surface area contributed by atoms with Gasteiger partial charge in [-0.15, -0.1) is 0 Å². The lowest BCUT2D eigenvalue weighted by atomic mass is 10.2. The molecule has 0 amide bonds. The number of nitrogens with zero attached hydrogens (tertiary/aromatic N) is 2. The van der Waals surface area contributed by atoms with Crippen LogP contribution in [0.3, 0.4) is 0 Å². The Kier molecular flexibility index (Phi) is 6.77. The number of aliphatic carboxylic acids is 1. The quantitative estimate of drug-likeness (QED) is 0.670. The molecule has 0 atom stereocenters. The smallest absolute Gasteiger partial charge is 0.304 e. The molecule has 80 valence electrons. The maximum Gasteiger partial charge on any atom is 0.304 e. The van der Waals surface area contributed by atoms with Crippen LogP contribution in [-0.2, 0) is 4.79 Å². The van der Waals surface area contributed by atoms with Gasteiger partial charge in [0.05, 0.1) is 12.5 Å². The molecule has 4 nitrogen and oxygen atoms in total. The van der Waals surface area contributed by atoms with Crippen LogP contribution in [0.4, 0.5) is 0 Å². The van der Waals surface area contributed by atoms with Crippen molar-refractivity contribution in [3.63, 3.8) is 0 Å². The van der Waals surface area contributed by atoms with E-state index in [0.29, 0.717) is 25.4 Å². The molecule has 0 aromatic heterocycles. The number of hydrogen-bond acceptors (Lipinski definition) is 3. The lowest BCUT2D eigenvalue weighted by Crippen LogP contribution is -2.30. The van der Waals surface area contributed by atoms with Crippen LogP contribution >= 0.6 is 0 Å². The molecule has 0 aliphatic rings. The zero-order valence-corrected chi connectivity index (χ0v) is 8.86. The standard InChI is InChI=1S/C10H18N2O2/c1-9(2)8-12(6-3-5-11)7-4-10(13)14/h9H,3-4,6-8H2,1-2H3,(H,13,14). The third kappa shape index (κ3) is 7.56. The molecule has 0 aliphatic heterocycles. The number of carbonyl (C=O) groups is 1. The maximum absolute atomic E-state index is 10.4. The van der Waals surface area contributed by atoms with E-state index in [1.807, 2.05) is 4.90 Å². The average Bonchev–Trinajstić information content (AvgIpc) is 2.09. The predicted molar refractivity (Wildman–Crippen MR) is 53.8 cm³/mol. The number of hydrogen-bond donors (Lipinski definition) is 1. The Morgan fingerprint density at radius 1 is 1.50 bits per heavy atom. The van der Waals surface area contributed by atoms with Gasteiger partial charge in [0.25, 0.3) is 0 Å². The van der Waals surface area contributed by atoms with Gasteiger partial charge >= 0.3 is 5.97 Å². The zero-order valence-electron chi connectivity index (χ0n) is 8.86. The molecule has 0 spiro atoms. The number of carboxylic acids is 1. The first-order chi connectivity index (χ1) is 6.56. The molecule has 0 aliphatic carbocycles. The lowest BCUT2D eigenvalue weighted by Gasteiger charge is -2.22. The van der Waals surface area contributed by atoms with E-state index in [1.165, 1.54) is 0 Å². The summed E-state index contributed by atoms with van der Waals surface area (Å²) in [6.45, 7) is 6.23. The van der Waals surface area contributed by atoms with Crippen molar-refractivity contribution in [1.82, 2.24) is 4.90 Å². The van der Waals surface area contributed by atoms with E-state index in [-0.39, 0.29) is 6.42 Å². The Bertz CT molecular complexity index is 209. The van der Waals surface area contributed by atoms with Crippen LogP contribution in [0.15, 0.2) is 0 Å². The SMILES string of the molecule is CC(C)CN(CCC#N)CCC(=O)O. The number of carboxylic acid groups (broad SMARTS) is 1. The molecule has 0 bridgehead atoms. The highest BCUT2D eigenvalue weighted by atomic mass is 16.4. The largest absolute Gasteiger partial charge is 0.481 e. The molecule has 0 heterocycles. The van der Waals surface area contributed by atoms with Crippen LogP contribution in [-0.4, -0.2) is 35.6 Å². The van der Waals surface area contributed by atoms with E-state index in [1.54, 1.807) is 0 Å². The minimum atomic E-state index is -0.782. The van der Waals surface area contributed by atoms with Gasteiger partial charge in [0, 0.05) is 26.1 Å². The molecular formula is C10H18N2O2. The van der Waals surface area contributed by atoms with Gasteiger partial charge in [0.1, 0.15) is 0 Å². The Morgan fingerprint density at radius 3 is 2.57 bits per heavy atom. The highest BCUT2D eigenvalue weighted by molar-refractivity contribution is 5.66. The first-order valence-corrected chi connectivity index (χ1v) is 4.87. The van der Waals surface area contributed by atoms with Crippen molar-refractivity contribution in [2.45, 2.75) is 26.7 Å². The van der Waals surface area contributed by atoms with E-state index in [9.17, 15) is 4.79 Å². The highest BCUT2D eigenvalue weighted by Crippen LogP contribution is 2.01. The second-order valence-electron chi connectivity index (χ2n) is 3.75. The molecule has 0 fully saturated rings. The Hall–Kier alpha value is -1.08. The first kappa shape index (κ1) is 12.9. The van der Waals surface area contributed by atoms with Crippen LogP contribution in [0, 0.1) is 17.2 Å². The van der Waals surface area contributed by atoms with E-state index < -0.39 is 5.97 Å². The van der Waals surface area contributed by atoms with Gasteiger partial charge in [-0.3, -0.25) is 4.79 Å². The van der Waals surface area contributed by atoms with Crippen molar-refractivity contribution >= 4 is 5.97 Å². The van der Waals surface area contributed by atoms with Gasteiger partial charge in [0.2, 0.25) is 0 Å². The summed E-state index contributed by atoms with van der Waals surface area (Å²) < 4.78 is 0. The van der Waals surface area contributed by atoms with E-state index in [2.05, 4.69) is 19.9 Å². The highest BCUT2D eigenvalue weighted by Gasteiger charge is 2.08. The third-order valence-electron chi connectivity index (χ3n) is 1.81. The van der Waals surface area contributed by atoms with Gasteiger partial charge in [0.15, 0.2) is 0 Å². The van der Waals surface area contributed by atoms with E-state index in [0.717, 1.165) is 6.54 Å². The molecule has 0 aromatic carbocycles. The summed E-state index contributed by atoms with van der Waals surface area (Å²) >= 11 is 0. The fourth-order valence-electron chi connectivity index (χ4n) is 1.27. The van der Waals surface area contributed by atoms with Crippen molar-refractivity contribution in [2.75, 3.05) is 19.6 Å². The van der Waals surface area contributed by atoms with E-state index in [4.69, 9.17) is 10.4 Å². The molecule has 0 saturated heterocycles. The molecular weight excluding hydrogens is 180 g/mol. The molecule has 0 aromatic rings. The second kappa shape index (κ2) is 7.34. The molecule has 0 rings (SSSR count). The van der Waals surface area contributed by atoms with Crippen LogP contribution in [0.25, 0.3) is 0 Å². The predicted octanol–water partition coefficient (Wildman–Crippen LogP) is 1.33. The maximum atomic E-state index is 10.4. The first-order valence-electron chi connectivity index (χ1n) is 4.87. The normalized spacial score (nSPS) is 10.5. The van der Waals surface area contributed by atoms with E-state index >= 15 is 0 Å². The lowest BCUT2D eigenvalue weighted by molar-refractivity contribution is -0.137. The van der Waals surface area contributed by atoms with Crippen LogP contribution in [0.1, 0.15) is 26.7 Å².